The van der Waals surface area contributed by atoms with Gasteiger partial charge in [0, 0.05) is 35.3 Å². The molecule has 0 saturated heterocycles. The van der Waals surface area contributed by atoms with Crippen LogP contribution in [0.2, 0.25) is 0 Å². The Hall–Kier alpha value is -3.80. The van der Waals surface area contributed by atoms with E-state index in [4.69, 9.17) is 9.72 Å². The van der Waals surface area contributed by atoms with Crippen molar-refractivity contribution in [1.29, 1.82) is 0 Å². The molecule has 5 aromatic rings. The summed E-state index contributed by atoms with van der Waals surface area (Å²) in [6, 6.07) is 18.5. The van der Waals surface area contributed by atoms with Crippen LogP contribution in [0.3, 0.4) is 0 Å². The molecular weight excluding hydrogens is 386 g/mol. The Bertz CT molecular complexity index is 1410. The van der Waals surface area contributed by atoms with Crippen LogP contribution in [0.25, 0.3) is 27.8 Å². The fourth-order valence-electron chi connectivity index (χ4n) is 4.14. The number of para-hydroxylation sites is 1. The third kappa shape index (κ3) is 3.30. The lowest BCUT2D eigenvalue weighted by molar-refractivity contribution is 0.285. The molecular formula is C25H21N5O. The van der Waals surface area contributed by atoms with Crippen LogP contribution in [0.4, 0.5) is 0 Å². The zero-order chi connectivity index (χ0) is 20.8. The summed E-state index contributed by atoms with van der Waals surface area (Å²) in [5.41, 5.74) is 4.86. The number of ether oxygens (including phenoxy) is 1. The third-order valence-corrected chi connectivity index (χ3v) is 5.92. The monoisotopic (exact) mass is 407 g/mol. The van der Waals surface area contributed by atoms with Crippen LogP contribution in [0.1, 0.15) is 23.9 Å². The second-order valence-electron chi connectivity index (χ2n) is 8.05. The molecule has 152 valence electrons. The van der Waals surface area contributed by atoms with Crippen molar-refractivity contribution in [2.45, 2.75) is 19.3 Å². The van der Waals surface area contributed by atoms with E-state index in [9.17, 15) is 0 Å². The van der Waals surface area contributed by atoms with Crippen LogP contribution >= 0.6 is 0 Å². The molecule has 1 fully saturated rings. The van der Waals surface area contributed by atoms with Gasteiger partial charge in [-0.3, -0.25) is 9.38 Å². The smallest absolute Gasteiger partial charge is 0.226 e. The summed E-state index contributed by atoms with van der Waals surface area (Å²) in [6.07, 6.45) is 6.74. The summed E-state index contributed by atoms with van der Waals surface area (Å²) < 4.78 is 8.26. The van der Waals surface area contributed by atoms with Crippen molar-refractivity contribution in [3.8, 4) is 17.1 Å². The van der Waals surface area contributed by atoms with E-state index >= 15 is 0 Å². The Morgan fingerprint density at radius 2 is 1.87 bits per heavy atom. The van der Waals surface area contributed by atoms with Crippen LogP contribution in [-0.2, 0) is 0 Å². The summed E-state index contributed by atoms with van der Waals surface area (Å²) >= 11 is 0. The molecule has 0 amide bonds. The summed E-state index contributed by atoms with van der Waals surface area (Å²) in [4.78, 5) is 18.3. The maximum absolute atomic E-state index is 6.23. The first-order valence-corrected chi connectivity index (χ1v) is 10.5. The van der Waals surface area contributed by atoms with Gasteiger partial charge in [0.15, 0.2) is 0 Å². The highest BCUT2D eigenvalue weighted by atomic mass is 16.5. The van der Waals surface area contributed by atoms with E-state index in [0.29, 0.717) is 30.1 Å². The number of aromatic nitrogens is 5. The van der Waals surface area contributed by atoms with Crippen molar-refractivity contribution in [2.24, 2.45) is 5.92 Å². The van der Waals surface area contributed by atoms with E-state index < -0.39 is 0 Å². The van der Waals surface area contributed by atoms with E-state index in [0.717, 1.165) is 34.5 Å². The van der Waals surface area contributed by atoms with Crippen molar-refractivity contribution in [3.05, 3.63) is 84.7 Å². The van der Waals surface area contributed by atoms with Gasteiger partial charge in [-0.15, -0.1) is 0 Å². The molecule has 1 aliphatic carbocycles. The summed E-state index contributed by atoms with van der Waals surface area (Å²) in [6.45, 7) is 2.49. The van der Waals surface area contributed by atoms with Crippen molar-refractivity contribution in [1.82, 2.24) is 24.3 Å². The Kier molecular flexibility index (Phi) is 4.16. The molecule has 6 heteroatoms. The normalized spacial score (nSPS) is 17.8. The largest absolute Gasteiger partial charge is 0.477 e. The van der Waals surface area contributed by atoms with Crippen molar-refractivity contribution < 1.29 is 4.74 Å². The maximum Gasteiger partial charge on any atom is 0.226 e. The molecule has 0 aliphatic heterocycles. The van der Waals surface area contributed by atoms with E-state index in [2.05, 4.69) is 39.2 Å². The third-order valence-electron chi connectivity index (χ3n) is 5.92. The molecule has 1 aliphatic rings. The molecule has 6 rings (SSSR count). The molecule has 0 bridgehead atoms. The van der Waals surface area contributed by atoms with E-state index in [1.807, 2.05) is 60.2 Å². The quantitative estimate of drug-likeness (QED) is 0.417. The van der Waals surface area contributed by atoms with E-state index in [1.165, 1.54) is 5.39 Å². The lowest BCUT2D eigenvalue weighted by Crippen LogP contribution is -2.06. The Morgan fingerprint density at radius 1 is 0.968 bits per heavy atom. The minimum Gasteiger partial charge on any atom is -0.477 e. The number of fused-ring (bicyclic) bond motifs is 2. The van der Waals surface area contributed by atoms with Gasteiger partial charge in [0.25, 0.3) is 0 Å². The molecule has 0 spiro atoms. The summed E-state index contributed by atoms with van der Waals surface area (Å²) in [5, 5.41) is 1.17. The zero-order valence-corrected chi connectivity index (χ0v) is 17.1. The molecule has 0 N–H and O–H groups in total. The fourth-order valence-corrected chi connectivity index (χ4v) is 4.14. The number of aryl methyl sites for hydroxylation is 1. The van der Waals surface area contributed by atoms with Crippen molar-refractivity contribution >= 4 is 16.6 Å². The topological polar surface area (TPSA) is 65.2 Å². The molecule has 1 unspecified atom stereocenters. The molecule has 31 heavy (non-hydrogen) atoms. The lowest BCUT2D eigenvalue weighted by Gasteiger charge is -2.11. The Morgan fingerprint density at radius 3 is 2.84 bits per heavy atom. The Balaban J connectivity index is 1.23. The molecule has 1 saturated carbocycles. The van der Waals surface area contributed by atoms with Crippen molar-refractivity contribution in [2.75, 3.05) is 6.61 Å². The number of hydrogen-bond donors (Lipinski definition) is 0. The second kappa shape index (κ2) is 7.16. The van der Waals surface area contributed by atoms with E-state index in [-0.39, 0.29) is 0 Å². The predicted octanol–water partition coefficient (Wildman–Crippen LogP) is 4.83. The summed E-state index contributed by atoms with van der Waals surface area (Å²) in [7, 11) is 0. The molecule has 0 radical (unpaired) electrons. The van der Waals surface area contributed by atoms with Gasteiger partial charge in [-0.05, 0) is 37.6 Å². The SMILES string of the molecule is Cc1ncc(-c2cnc3ccccn23)c(OCC2C[C@H]2c2ccc3ccccc3n2)n1. The van der Waals surface area contributed by atoms with Gasteiger partial charge in [-0.1, -0.05) is 30.3 Å². The highest BCUT2D eigenvalue weighted by molar-refractivity contribution is 5.78. The molecule has 6 nitrogen and oxygen atoms in total. The number of rotatable bonds is 5. The van der Waals surface area contributed by atoms with Gasteiger partial charge >= 0.3 is 0 Å². The Labute approximate surface area is 179 Å². The molecule has 4 aromatic heterocycles. The average Bonchev–Trinajstić information content (AvgIpc) is 3.47. The first-order valence-electron chi connectivity index (χ1n) is 10.5. The van der Waals surface area contributed by atoms with E-state index in [1.54, 1.807) is 0 Å². The first kappa shape index (κ1) is 18.0. The van der Waals surface area contributed by atoms with Crippen LogP contribution in [0, 0.1) is 12.8 Å². The number of imidazole rings is 1. The standard InChI is InChI=1S/C25H21N5O/c1-16-26-13-20(23-14-27-24-8-4-5-11-30(23)24)25(28-16)31-15-18-12-19(18)22-10-9-17-6-2-3-7-21(17)29-22/h2-11,13-14,18-19H,12,15H2,1H3/t18?,19-/m1/s1. The van der Waals surface area contributed by atoms with Crippen LogP contribution in [0.15, 0.2) is 73.2 Å². The molecule has 2 atom stereocenters. The van der Waals surface area contributed by atoms with Crippen molar-refractivity contribution in [3.63, 3.8) is 0 Å². The van der Waals surface area contributed by atoms with Gasteiger partial charge in [0.2, 0.25) is 5.88 Å². The number of benzene rings is 1. The van der Waals surface area contributed by atoms with Crippen LogP contribution in [0.5, 0.6) is 5.88 Å². The van der Waals surface area contributed by atoms with Crippen LogP contribution in [-0.4, -0.2) is 30.9 Å². The second-order valence-corrected chi connectivity index (χ2v) is 8.05. The molecule has 4 heterocycles. The number of nitrogens with zero attached hydrogens (tertiary/aromatic N) is 5. The van der Waals surface area contributed by atoms with Gasteiger partial charge in [0.05, 0.1) is 29.6 Å². The fraction of sp³-hybridized carbons (Fsp3) is 0.200. The predicted molar refractivity (Wildman–Crippen MR) is 119 cm³/mol. The maximum atomic E-state index is 6.23. The zero-order valence-electron chi connectivity index (χ0n) is 17.1. The van der Waals surface area contributed by atoms with Gasteiger partial charge in [-0.25, -0.2) is 9.97 Å². The average molecular weight is 407 g/mol. The minimum absolute atomic E-state index is 0.437. The summed E-state index contributed by atoms with van der Waals surface area (Å²) in [5.74, 6) is 2.18. The first-order chi connectivity index (χ1) is 15.3. The highest BCUT2D eigenvalue weighted by Gasteiger charge is 2.40. The molecule has 1 aromatic carbocycles. The van der Waals surface area contributed by atoms with Gasteiger partial charge < -0.3 is 4.74 Å². The van der Waals surface area contributed by atoms with Crippen LogP contribution < -0.4 is 4.74 Å². The minimum atomic E-state index is 0.437. The van der Waals surface area contributed by atoms with Gasteiger partial charge in [-0.2, -0.15) is 4.98 Å². The van der Waals surface area contributed by atoms with Gasteiger partial charge in [0.1, 0.15) is 11.5 Å². The lowest BCUT2D eigenvalue weighted by atomic mass is 10.1. The number of hydrogen-bond acceptors (Lipinski definition) is 5. The highest BCUT2D eigenvalue weighted by Crippen LogP contribution is 2.47. The number of pyridine rings is 2.